The van der Waals surface area contributed by atoms with Crippen LogP contribution in [0.25, 0.3) is 11.4 Å². The highest BCUT2D eigenvalue weighted by Crippen LogP contribution is 2.27. The van der Waals surface area contributed by atoms with Gasteiger partial charge in [-0.15, -0.1) is 0 Å². The van der Waals surface area contributed by atoms with Crippen molar-refractivity contribution < 1.29 is 0 Å². The van der Waals surface area contributed by atoms with Gasteiger partial charge in [-0.05, 0) is 59.2 Å². The number of hydrogen-bond acceptors (Lipinski definition) is 4. The average Bonchev–Trinajstić information content (AvgIpc) is 3.03. The molecule has 5 heteroatoms. The lowest BCUT2D eigenvalue weighted by molar-refractivity contribution is 0.165. The largest absolute Gasteiger partial charge is 0.300 e. The van der Waals surface area contributed by atoms with Crippen molar-refractivity contribution in [1.29, 1.82) is 0 Å². The van der Waals surface area contributed by atoms with Crippen LogP contribution < -0.4 is 0 Å². The Hall–Kier alpha value is -1.75. The number of aryl methyl sites for hydroxylation is 2. The van der Waals surface area contributed by atoms with Crippen molar-refractivity contribution in [1.82, 2.24) is 24.6 Å². The number of hydrogen-bond donors (Lipinski definition) is 0. The molecule has 5 nitrogen and oxygen atoms in total. The standard InChI is InChI=1S/C18H27N5/c1-5-23-17(8-9-19-23)16-11-14(4)20-18(21-16)15-7-6-10-22(12-15)13(2)3/h8-9,11,13,15H,5-7,10,12H2,1-4H3/t15-/m1/s1. The van der Waals surface area contributed by atoms with Crippen molar-refractivity contribution in [3.05, 3.63) is 29.8 Å². The maximum atomic E-state index is 4.90. The Kier molecular flexibility index (Phi) is 4.76. The molecular weight excluding hydrogens is 286 g/mol. The maximum absolute atomic E-state index is 4.90. The quantitative estimate of drug-likeness (QED) is 0.869. The first-order valence-corrected chi connectivity index (χ1v) is 8.70. The third kappa shape index (κ3) is 3.44. The van der Waals surface area contributed by atoms with E-state index in [1.54, 1.807) is 0 Å². The van der Waals surface area contributed by atoms with E-state index in [0.717, 1.165) is 36.0 Å². The van der Waals surface area contributed by atoms with Crippen molar-refractivity contribution in [2.24, 2.45) is 0 Å². The van der Waals surface area contributed by atoms with E-state index >= 15 is 0 Å². The molecule has 0 spiro atoms. The molecule has 23 heavy (non-hydrogen) atoms. The van der Waals surface area contributed by atoms with E-state index in [1.807, 2.05) is 16.9 Å². The zero-order chi connectivity index (χ0) is 16.4. The highest BCUT2D eigenvalue weighted by molar-refractivity contribution is 5.54. The van der Waals surface area contributed by atoms with E-state index in [4.69, 9.17) is 9.97 Å². The fourth-order valence-corrected chi connectivity index (χ4v) is 3.39. The van der Waals surface area contributed by atoms with Gasteiger partial charge >= 0.3 is 0 Å². The molecule has 1 aliphatic rings. The van der Waals surface area contributed by atoms with Crippen molar-refractivity contribution in [3.63, 3.8) is 0 Å². The van der Waals surface area contributed by atoms with Crippen molar-refractivity contribution in [3.8, 4) is 11.4 Å². The van der Waals surface area contributed by atoms with Gasteiger partial charge in [0.2, 0.25) is 0 Å². The Balaban J connectivity index is 1.91. The Morgan fingerprint density at radius 1 is 1.30 bits per heavy atom. The van der Waals surface area contributed by atoms with Gasteiger partial charge in [0.25, 0.3) is 0 Å². The van der Waals surface area contributed by atoms with Gasteiger partial charge in [0, 0.05) is 36.9 Å². The number of piperidine rings is 1. The fraction of sp³-hybridized carbons (Fsp3) is 0.611. The smallest absolute Gasteiger partial charge is 0.133 e. The molecule has 2 aromatic heterocycles. The van der Waals surface area contributed by atoms with E-state index in [9.17, 15) is 0 Å². The second-order valence-corrected chi connectivity index (χ2v) is 6.71. The first-order valence-electron chi connectivity index (χ1n) is 8.70. The lowest BCUT2D eigenvalue weighted by Crippen LogP contribution is -2.39. The lowest BCUT2D eigenvalue weighted by Gasteiger charge is -2.34. The molecule has 0 N–H and O–H groups in total. The molecule has 0 amide bonds. The van der Waals surface area contributed by atoms with Crippen LogP contribution in [-0.2, 0) is 6.54 Å². The Labute approximate surface area is 138 Å². The molecular formula is C18H27N5. The van der Waals surface area contributed by atoms with Gasteiger partial charge in [0.05, 0.1) is 11.4 Å². The van der Waals surface area contributed by atoms with Gasteiger partial charge in [0.15, 0.2) is 0 Å². The Bertz CT molecular complexity index is 661. The number of aromatic nitrogens is 4. The molecule has 0 aromatic carbocycles. The van der Waals surface area contributed by atoms with E-state index in [-0.39, 0.29) is 0 Å². The number of nitrogens with zero attached hydrogens (tertiary/aromatic N) is 5. The molecule has 1 aliphatic heterocycles. The molecule has 1 fully saturated rings. The Morgan fingerprint density at radius 2 is 2.13 bits per heavy atom. The summed E-state index contributed by atoms with van der Waals surface area (Å²) >= 11 is 0. The van der Waals surface area contributed by atoms with Crippen LogP contribution in [0.3, 0.4) is 0 Å². The van der Waals surface area contributed by atoms with Crippen LogP contribution in [0.15, 0.2) is 18.3 Å². The van der Waals surface area contributed by atoms with Gasteiger partial charge in [-0.1, -0.05) is 0 Å². The molecule has 0 bridgehead atoms. The summed E-state index contributed by atoms with van der Waals surface area (Å²) in [5, 5.41) is 4.37. The normalized spacial score (nSPS) is 19.4. The fourth-order valence-electron chi connectivity index (χ4n) is 3.39. The van der Waals surface area contributed by atoms with Gasteiger partial charge in [-0.2, -0.15) is 5.10 Å². The minimum absolute atomic E-state index is 0.433. The maximum Gasteiger partial charge on any atom is 0.133 e. The SMILES string of the molecule is CCn1nccc1-c1cc(C)nc([C@@H]2CCCN(C(C)C)C2)n1. The highest BCUT2D eigenvalue weighted by atomic mass is 15.3. The molecule has 0 unspecified atom stereocenters. The number of likely N-dealkylation sites (tertiary alicyclic amines) is 1. The second-order valence-electron chi connectivity index (χ2n) is 6.71. The summed E-state index contributed by atoms with van der Waals surface area (Å²) < 4.78 is 1.99. The number of rotatable bonds is 4. The van der Waals surface area contributed by atoms with E-state index in [1.165, 1.54) is 19.4 Å². The summed E-state index contributed by atoms with van der Waals surface area (Å²) in [6.45, 7) is 11.8. The van der Waals surface area contributed by atoms with E-state index in [0.29, 0.717) is 12.0 Å². The molecule has 3 heterocycles. The predicted octanol–water partition coefficient (Wildman–Crippen LogP) is 3.26. The summed E-state index contributed by atoms with van der Waals surface area (Å²) in [5.74, 6) is 1.43. The molecule has 124 valence electrons. The first-order chi connectivity index (χ1) is 11.1. The summed E-state index contributed by atoms with van der Waals surface area (Å²) in [7, 11) is 0. The highest BCUT2D eigenvalue weighted by Gasteiger charge is 2.25. The summed E-state index contributed by atoms with van der Waals surface area (Å²) in [6, 6.07) is 4.69. The van der Waals surface area contributed by atoms with Gasteiger partial charge in [-0.25, -0.2) is 9.97 Å². The molecule has 0 saturated carbocycles. The second kappa shape index (κ2) is 6.79. The third-order valence-corrected chi connectivity index (χ3v) is 4.70. The van der Waals surface area contributed by atoms with Crippen LogP contribution >= 0.6 is 0 Å². The summed E-state index contributed by atoms with van der Waals surface area (Å²) in [6.07, 6.45) is 4.25. The Morgan fingerprint density at radius 3 is 2.87 bits per heavy atom. The van der Waals surface area contributed by atoms with Crippen molar-refractivity contribution in [2.75, 3.05) is 13.1 Å². The monoisotopic (exact) mass is 313 g/mol. The summed E-state index contributed by atoms with van der Waals surface area (Å²) in [5.41, 5.74) is 3.11. The molecule has 0 aliphatic carbocycles. The van der Waals surface area contributed by atoms with Crippen molar-refractivity contribution in [2.45, 2.75) is 59.0 Å². The average molecular weight is 313 g/mol. The lowest BCUT2D eigenvalue weighted by atomic mass is 9.96. The predicted molar refractivity (Wildman–Crippen MR) is 92.3 cm³/mol. The molecule has 1 atom stereocenters. The minimum Gasteiger partial charge on any atom is -0.300 e. The van der Waals surface area contributed by atoms with Crippen molar-refractivity contribution >= 4 is 0 Å². The summed E-state index contributed by atoms with van der Waals surface area (Å²) in [4.78, 5) is 12.2. The van der Waals surface area contributed by atoms with Crippen LogP contribution in [0.5, 0.6) is 0 Å². The third-order valence-electron chi connectivity index (χ3n) is 4.70. The van der Waals surface area contributed by atoms with E-state index in [2.05, 4.69) is 43.8 Å². The zero-order valence-corrected chi connectivity index (χ0v) is 14.7. The van der Waals surface area contributed by atoms with Crippen LogP contribution in [-0.4, -0.2) is 43.8 Å². The molecule has 1 saturated heterocycles. The molecule has 0 radical (unpaired) electrons. The zero-order valence-electron chi connectivity index (χ0n) is 14.7. The van der Waals surface area contributed by atoms with Crippen LogP contribution in [0.2, 0.25) is 0 Å². The topological polar surface area (TPSA) is 46.8 Å². The first kappa shape index (κ1) is 16.1. The van der Waals surface area contributed by atoms with Gasteiger partial charge < -0.3 is 4.90 Å². The minimum atomic E-state index is 0.433. The van der Waals surface area contributed by atoms with Crippen LogP contribution in [0.4, 0.5) is 0 Å². The van der Waals surface area contributed by atoms with Gasteiger partial charge in [-0.3, -0.25) is 4.68 Å². The van der Waals surface area contributed by atoms with Crippen LogP contribution in [0, 0.1) is 6.92 Å². The molecule has 3 rings (SSSR count). The molecule has 2 aromatic rings. The van der Waals surface area contributed by atoms with Crippen LogP contribution in [0.1, 0.15) is 51.0 Å². The van der Waals surface area contributed by atoms with E-state index < -0.39 is 0 Å². The van der Waals surface area contributed by atoms with Gasteiger partial charge in [0.1, 0.15) is 5.82 Å².